The molecule has 0 aliphatic carbocycles. The van der Waals surface area contributed by atoms with Crippen LogP contribution in [0.15, 0.2) is 47.4 Å². The fourth-order valence-electron chi connectivity index (χ4n) is 3.10. The van der Waals surface area contributed by atoms with Gasteiger partial charge < -0.3 is 4.90 Å². The molecule has 0 aromatic heterocycles. The minimum atomic E-state index is -3.47. The Balaban J connectivity index is 1.99. The molecule has 0 bridgehead atoms. The predicted octanol–water partition coefficient (Wildman–Crippen LogP) is 3.89. The number of rotatable bonds is 4. The second-order valence-electron chi connectivity index (χ2n) is 6.26. The average Bonchev–Trinajstić information content (AvgIpc) is 3.08. The molecule has 0 saturated carbocycles. The number of sulfonamides is 1. The highest BCUT2D eigenvalue weighted by Crippen LogP contribution is 2.37. The van der Waals surface area contributed by atoms with Crippen LogP contribution in [0.1, 0.15) is 22.8 Å². The van der Waals surface area contributed by atoms with Gasteiger partial charge in [-0.05, 0) is 65.3 Å². The van der Waals surface area contributed by atoms with Crippen molar-refractivity contribution in [3.8, 4) is 0 Å². The van der Waals surface area contributed by atoms with Gasteiger partial charge in [-0.15, -0.1) is 0 Å². The summed E-state index contributed by atoms with van der Waals surface area (Å²) in [6.07, 6.45) is 1.87. The maximum Gasteiger partial charge on any atom is 0.260 e. The number of benzene rings is 2. The lowest BCUT2D eigenvalue weighted by atomic mass is 10.1. The van der Waals surface area contributed by atoms with E-state index in [0.717, 1.165) is 33.1 Å². The maximum absolute atomic E-state index is 13.2. The third-order valence-corrected chi connectivity index (χ3v) is 7.97. The summed E-state index contributed by atoms with van der Waals surface area (Å²) in [4.78, 5) is 15.9. The largest absolute Gasteiger partial charge is 0.308 e. The molecule has 0 N–H and O–H groups in total. The minimum absolute atomic E-state index is 0.209. The third-order valence-electron chi connectivity index (χ3n) is 4.59. The van der Waals surface area contributed by atoms with Gasteiger partial charge in [-0.2, -0.15) is 0 Å². The van der Waals surface area contributed by atoms with Crippen LogP contribution in [-0.4, -0.2) is 39.5 Å². The van der Waals surface area contributed by atoms with Gasteiger partial charge in [0, 0.05) is 24.2 Å². The van der Waals surface area contributed by atoms with Gasteiger partial charge in [0.25, 0.3) is 5.91 Å². The lowest BCUT2D eigenvalue weighted by molar-refractivity contribution is 0.0990. The summed E-state index contributed by atoms with van der Waals surface area (Å²) in [6, 6.07) is 12.7. The minimum Gasteiger partial charge on any atom is -0.308 e. The van der Waals surface area contributed by atoms with Crippen molar-refractivity contribution in [3.05, 3.63) is 53.6 Å². The van der Waals surface area contributed by atoms with E-state index in [-0.39, 0.29) is 5.91 Å². The molecule has 2 aromatic carbocycles. The van der Waals surface area contributed by atoms with Gasteiger partial charge in [-0.3, -0.25) is 9.10 Å². The second-order valence-corrected chi connectivity index (χ2v) is 10.8. The first kappa shape index (κ1) is 19.9. The van der Waals surface area contributed by atoms with Gasteiger partial charge in [0.05, 0.1) is 17.5 Å². The molecule has 0 fully saturated rings. The van der Waals surface area contributed by atoms with Crippen molar-refractivity contribution >= 4 is 53.1 Å². The molecular weight excluding hydrogens is 404 g/mol. The zero-order chi connectivity index (χ0) is 19.8. The van der Waals surface area contributed by atoms with Gasteiger partial charge >= 0.3 is 0 Å². The molecule has 1 heterocycles. The molecule has 8 heteroatoms. The molecule has 1 unspecified atom stereocenters. The van der Waals surface area contributed by atoms with Crippen LogP contribution >= 0.6 is 20.4 Å². The lowest BCUT2D eigenvalue weighted by Crippen LogP contribution is -2.32. The second kappa shape index (κ2) is 7.66. The molecule has 1 atom stereocenters. The van der Waals surface area contributed by atoms with Crippen LogP contribution in [0.4, 0.5) is 11.4 Å². The molecule has 1 aliphatic heterocycles. The number of amides is 1. The molecule has 1 amide bonds. The smallest absolute Gasteiger partial charge is 0.260 e. The van der Waals surface area contributed by atoms with E-state index in [9.17, 15) is 13.2 Å². The topological polar surface area (TPSA) is 57.7 Å². The molecule has 144 valence electrons. The Morgan fingerprint density at radius 1 is 1.26 bits per heavy atom. The first-order valence-electron chi connectivity index (χ1n) is 8.40. The van der Waals surface area contributed by atoms with Crippen LogP contribution in [-0.2, 0) is 16.4 Å². The Morgan fingerprint density at radius 3 is 2.63 bits per heavy atom. The molecule has 27 heavy (non-hydrogen) atoms. The number of hydrogen-bond acceptors (Lipinski definition) is 3. The normalized spacial score (nSPS) is 14.9. The average molecular weight is 425 g/mol. The Hall–Kier alpha value is -1.83. The summed E-state index contributed by atoms with van der Waals surface area (Å²) >= 11 is 0. The van der Waals surface area contributed by atoms with Crippen molar-refractivity contribution in [2.75, 3.05) is 29.1 Å². The van der Waals surface area contributed by atoms with Gasteiger partial charge in [0.2, 0.25) is 10.0 Å². The monoisotopic (exact) mass is 424 g/mol. The SMILES string of the molecule is C/C=S(/Cl)c1ccc2c(c1)CCN2C(=O)c1ccccc1N(C)S(C)(=O)=O. The van der Waals surface area contributed by atoms with Crippen molar-refractivity contribution in [3.63, 3.8) is 0 Å². The van der Waals surface area contributed by atoms with E-state index in [0.29, 0.717) is 17.8 Å². The summed E-state index contributed by atoms with van der Waals surface area (Å²) in [7, 11) is 3.86. The molecular formula is C19H21ClN2O3S2. The Morgan fingerprint density at radius 2 is 1.96 bits per heavy atom. The van der Waals surface area contributed by atoms with E-state index < -0.39 is 19.7 Å². The maximum atomic E-state index is 13.2. The highest BCUT2D eigenvalue weighted by Gasteiger charge is 2.29. The van der Waals surface area contributed by atoms with E-state index >= 15 is 0 Å². The van der Waals surface area contributed by atoms with E-state index in [4.69, 9.17) is 10.7 Å². The third kappa shape index (κ3) is 3.90. The van der Waals surface area contributed by atoms with Crippen LogP contribution in [0.25, 0.3) is 0 Å². The first-order chi connectivity index (χ1) is 12.7. The highest BCUT2D eigenvalue weighted by atomic mass is 35.7. The zero-order valence-corrected chi connectivity index (χ0v) is 17.7. The molecule has 0 saturated heterocycles. The summed E-state index contributed by atoms with van der Waals surface area (Å²) in [6.45, 7) is 2.48. The quantitative estimate of drug-likeness (QED) is 0.699. The Kier molecular flexibility index (Phi) is 5.65. The molecule has 0 spiro atoms. The lowest BCUT2D eigenvalue weighted by Gasteiger charge is -2.23. The zero-order valence-electron chi connectivity index (χ0n) is 15.3. The summed E-state index contributed by atoms with van der Waals surface area (Å²) in [5.41, 5.74) is 2.67. The predicted molar refractivity (Wildman–Crippen MR) is 115 cm³/mol. The number of nitrogens with zero attached hydrogens (tertiary/aromatic N) is 2. The van der Waals surface area contributed by atoms with E-state index in [1.807, 2.05) is 30.5 Å². The summed E-state index contributed by atoms with van der Waals surface area (Å²) in [5, 5.41) is 1.94. The summed E-state index contributed by atoms with van der Waals surface area (Å²) < 4.78 is 25.0. The van der Waals surface area contributed by atoms with E-state index in [1.54, 1.807) is 29.2 Å². The number of para-hydroxylation sites is 1. The fourth-order valence-corrected chi connectivity index (χ4v) is 4.63. The van der Waals surface area contributed by atoms with E-state index in [1.165, 1.54) is 7.05 Å². The molecule has 0 radical (unpaired) electrons. The number of fused-ring (bicyclic) bond motifs is 1. The van der Waals surface area contributed by atoms with Crippen molar-refractivity contribution in [1.29, 1.82) is 0 Å². The summed E-state index contributed by atoms with van der Waals surface area (Å²) in [5.74, 6) is -0.209. The first-order valence-corrected chi connectivity index (χ1v) is 12.4. The Labute approximate surface area is 167 Å². The van der Waals surface area contributed by atoms with Crippen molar-refractivity contribution in [2.24, 2.45) is 0 Å². The van der Waals surface area contributed by atoms with Crippen LogP contribution in [0.5, 0.6) is 0 Å². The molecule has 3 rings (SSSR count). The van der Waals surface area contributed by atoms with E-state index in [2.05, 4.69) is 0 Å². The number of halogens is 1. The number of anilines is 2. The fraction of sp³-hybridized carbons (Fsp3) is 0.263. The van der Waals surface area contributed by atoms with Crippen molar-refractivity contribution in [2.45, 2.75) is 18.2 Å². The standard InChI is InChI=1S/C19H21ClN2O3S2/c1-4-26(20)15-9-10-17-14(13-15)11-12-22(17)19(23)16-7-5-6-8-18(16)21(2)27(3,24)25/h4-10,13H,11-12H2,1-3H3. The molecule has 5 nitrogen and oxygen atoms in total. The number of carbonyl (C=O) groups excluding carboxylic acids is 1. The van der Waals surface area contributed by atoms with Crippen LogP contribution in [0.3, 0.4) is 0 Å². The van der Waals surface area contributed by atoms with Gasteiger partial charge in [0.1, 0.15) is 0 Å². The van der Waals surface area contributed by atoms with Gasteiger partial charge in [-0.25, -0.2) is 8.42 Å². The highest BCUT2D eigenvalue weighted by molar-refractivity contribution is 8.34. The van der Waals surface area contributed by atoms with Crippen molar-refractivity contribution < 1.29 is 13.2 Å². The van der Waals surface area contributed by atoms with Gasteiger partial charge in [-0.1, -0.05) is 21.8 Å². The Bertz CT molecular complexity index is 1040. The van der Waals surface area contributed by atoms with Crippen LogP contribution in [0.2, 0.25) is 0 Å². The van der Waals surface area contributed by atoms with Crippen LogP contribution in [0, 0.1) is 0 Å². The van der Waals surface area contributed by atoms with Crippen molar-refractivity contribution in [1.82, 2.24) is 0 Å². The molecule has 1 aliphatic rings. The number of carbonyl (C=O) groups is 1. The number of hydrogen-bond donors (Lipinski definition) is 0. The molecule has 2 aromatic rings. The van der Waals surface area contributed by atoms with Crippen LogP contribution < -0.4 is 9.21 Å². The van der Waals surface area contributed by atoms with Gasteiger partial charge in [0.15, 0.2) is 0 Å².